The van der Waals surface area contributed by atoms with Crippen LogP contribution in [0.25, 0.3) is 0 Å². The zero-order valence-electron chi connectivity index (χ0n) is 11.1. The molecule has 0 radical (unpaired) electrons. The van der Waals surface area contributed by atoms with E-state index in [1.54, 1.807) is 12.1 Å². The molecule has 0 bridgehead atoms. The Labute approximate surface area is 117 Å². The molecule has 1 aliphatic rings. The van der Waals surface area contributed by atoms with Crippen molar-refractivity contribution in [3.8, 4) is 0 Å². The topological polar surface area (TPSA) is 66.8 Å². The van der Waals surface area contributed by atoms with Crippen molar-refractivity contribution in [1.29, 1.82) is 0 Å². The van der Waals surface area contributed by atoms with Crippen LogP contribution in [-0.4, -0.2) is 50.2 Å². The number of likely N-dealkylation sites (N-methyl/N-ethyl adjacent to an activating group) is 1. The number of hydrogen-bond donors (Lipinski definition) is 1. The van der Waals surface area contributed by atoms with Gasteiger partial charge in [-0.15, -0.1) is 11.3 Å². The van der Waals surface area contributed by atoms with E-state index in [1.807, 2.05) is 6.92 Å². The van der Waals surface area contributed by atoms with Gasteiger partial charge in [0.05, 0.1) is 5.60 Å². The summed E-state index contributed by atoms with van der Waals surface area (Å²) in [7, 11) is -1.99. The van der Waals surface area contributed by atoms with Gasteiger partial charge in [-0.05, 0) is 19.1 Å². The predicted octanol–water partition coefficient (Wildman–Crippen LogP) is 1.22. The quantitative estimate of drug-likeness (QED) is 0.908. The fourth-order valence-electron chi connectivity index (χ4n) is 2.11. The zero-order valence-corrected chi connectivity index (χ0v) is 12.8. The molecule has 1 fully saturated rings. The number of ether oxygens (including phenoxy) is 1. The van der Waals surface area contributed by atoms with Crippen molar-refractivity contribution >= 4 is 21.4 Å². The van der Waals surface area contributed by atoms with Gasteiger partial charge in [-0.25, -0.2) is 8.42 Å². The van der Waals surface area contributed by atoms with Crippen LogP contribution in [0.4, 0.5) is 0 Å². The lowest BCUT2D eigenvalue weighted by molar-refractivity contribution is -0.0689. The standard InChI is InChI=1S/C12H19NO4S2/c1-10-3-4-11(18-10)19(15,16)13(2)9-12(14)5-7-17-8-6-12/h3-4,14H,5-9H2,1-2H3. The first-order chi connectivity index (χ1) is 8.83. The Balaban J connectivity index is 2.12. The maximum atomic E-state index is 12.4. The lowest BCUT2D eigenvalue weighted by Gasteiger charge is -2.34. The van der Waals surface area contributed by atoms with Gasteiger partial charge in [-0.3, -0.25) is 0 Å². The minimum atomic E-state index is -3.50. The lowest BCUT2D eigenvalue weighted by atomic mass is 9.95. The fourth-order valence-corrected chi connectivity index (χ4v) is 4.86. The van der Waals surface area contributed by atoms with E-state index in [2.05, 4.69) is 0 Å². The number of sulfonamides is 1. The zero-order chi connectivity index (χ0) is 14.1. The summed E-state index contributed by atoms with van der Waals surface area (Å²) in [5, 5.41) is 10.4. The Bertz CT molecular complexity index is 532. The highest BCUT2D eigenvalue weighted by molar-refractivity contribution is 7.91. The molecule has 108 valence electrons. The molecule has 2 heterocycles. The van der Waals surface area contributed by atoms with Crippen molar-refractivity contribution in [3.63, 3.8) is 0 Å². The van der Waals surface area contributed by atoms with E-state index in [-0.39, 0.29) is 6.54 Å². The highest BCUT2D eigenvalue weighted by Gasteiger charge is 2.35. The van der Waals surface area contributed by atoms with Crippen LogP contribution in [0.3, 0.4) is 0 Å². The van der Waals surface area contributed by atoms with Gasteiger partial charge in [0.1, 0.15) is 4.21 Å². The van der Waals surface area contributed by atoms with Crippen molar-refractivity contribution in [2.24, 2.45) is 0 Å². The normalized spacial score (nSPS) is 19.8. The summed E-state index contributed by atoms with van der Waals surface area (Å²) in [5.41, 5.74) is -0.980. The molecule has 0 spiro atoms. The van der Waals surface area contributed by atoms with Crippen LogP contribution in [0.5, 0.6) is 0 Å². The molecule has 2 rings (SSSR count). The minimum absolute atomic E-state index is 0.107. The van der Waals surface area contributed by atoms with Crippen LogP contribution in [0.15, 0.2) is 16.3 Å². The summed E-state index contributed by atoms with van der Waals surface area (Å²) in [6.45, 7) is 2.93. The molecule has 1 aliphatic heterocycles. The number of nitrogens with zero attached hydrogens (tertiary/aromatic N) is 1. The minimum Gasteiger partial charge on any atom is -0.388 e. The van der Waals surface area contributed by atoms with Crippen molar-refractivity contribution in [1.82, 2.24) is 4.31 Å². The molecule has 7 heteroatoms. The molecule has 1 N–H and O–H groups in total. The molecule has 1 saturated heterocycles. The second-order valence-corrected chi connectivity index (χ2v) is 8.52. The van der Waals surface area contributed by atoms with Crippen molar-refractivity contribution < 1.29 is 18.3 Å². The third kappa shape index (κ3) is 3.35. The molecule has 1 aromatic heterocycles. The molecule has 5 nitrogen and oxygen atoms in total. The summed E-state index contributed by atoms with van der Waals surface area (Å²) in [5.74, 6) is 0. The van der Waals surface area contributed by atoms with Gasteiger partial charge in [0.2, 0.25) is 0 Å². The molecule has 1 aromatic rings. The third-order valence-corrected chi connectivity index (χ3v) is 6.59. The second-order valence-electron chi connectivity index (χ2n) is 4.96. The average Bonchev–Trinajstić information content (AvgIpc) is 2.77. The van der Waals surface area contributed by atoms with Gasteiger partial charge >= 0.3 is 0 Å². The van der Waals surface area contributed by atoms with Crippen LogP contribution < -0.4 is 0 Å². The van der Waals surface area contributed by atoms with Crippen molar-refractivity contribution in [2.75, 3.05) is 26.8 Å². The number of hydrogen-bond acceptors (Lipinski definition) is 5. The van der Waals surface area contributed by atoms with E-state index >= 15 is 0 Å². The first-order valence-electron chi connectivity index (χ1n) is 6.16. The van der Waals surface area contributed by atoms with Crippen LogP contribution in [0.1, 0.15) is 17.7 Å². The summed E-state index contributed by atoms with van der Waals surface area (Å²) in [4.78, 5) is 0.955. The Kier molecular flexibility index (Phi) is 4.32. The SMILES string of the molecule is Cc1ccc(S(=O)(=O)N(C)CC2(O)CCOCC2)s1. The van der Waals surface area contributed by atoms with Crippen LogP contribution in [0.2, 0.25) is 0 Å². The Hall–Kier alpha value is -0.470. The summed E-state index contributed by atoms with van der Waals surface area (Å²) >= 11 is 1.25. The third-order valence-electron chi connectivity index (χ3n) is 3.32. The van der Waals surface area contributed by atoms with E-state index in [4.69, 9.17) is 4.74 Å². The second kappa shape index (κ2) is 5.49. The largest absolute Gasteiger partial charge is 0.388 e. The smallest absolute Gasteiger partial charge is 0.252 e. The van der Waals surface area contributed by atoms with Crippen LogP contribution in [0, 0.1) is 6.92 Å². The maximum absolute atomic E-state index is 12.4. The number of thiophene rings is 1. The molecular weight excluding hydrogens is 286 g/mol. The maximum Gasteiger partial charge on any atom is 0.252 e. The first kappa shape index (κ1) is 14.9. The summed E-state index contributed by atoms with van der Waals surface area (Å²) in [6, 6.07) is 3.40. The number of aliphatic hydroxyl groups is 1. The number of aryl methyl sites for hydroxylation is 1. The highest BCUT2D eigenvalue weighted by Crippen LogP contribution is 2.27. The van der Waals surface area contributed by atoms with E-state index in [1.165, 1.54) is 22.7 Å². The molecule has 0 unspecified atom stereocenters. The Morgan fingerprint density at radius 1 is 1.42 bits per heavy atom. The van der Waals surface area contributed by atoms with Gasteiger partial charge in [0, 0.05) is 44.5 Å². The summed E-state index contributed by atoms with van der Waals surface area (Å²) < 4.78 is 31.5. The van der Waals surface area contributed by atoms with Gasteiger partial charge in [0.15, 0.2) is 0 Å². The monoisotopic (exact) mass is 305 g/mol. The van der Waals surface area contributed by atoms with E-state index in [0.29, 0.717) is 30.3 Å². The molecule has 0 atom stereocenters. The Morgan fingerprint density at radius 2 is 2.05 bits per heavy atom. The highest BCUT2D eigenvalue weighted by atomic mass is 32.2. The van der Waals surface area contributed by atoms with E-state index in [0.717, 1.165) is 4.88 Å². The average molecular weight is 305 g/mol. The first-order valence-corrected chi connectivity index (χ1v) is 8.42. The fraction of sp³-hybridized carbons (Fsp3) is 0.667. The van der Waals surface area contributed by atoms with Crippen molar-refractivity contribution in [3.05, 3.63) is 17.0 Å². The van der Waals surface area contributed by atoms with Crippen molar-refractivity contribution in [2.45, 2.75) is 29.6 Å². The molecule has 0 aliphatic carbocycles. The number of rotatable bonds is 4. The van der Waals surface area contributed by atoms with Gasteiger partial charge in [-0.2, -0.15) is 4.31 Å². The lowest BCUT2D eigenvalue weighted by Crippen LogP contribution is -2.47. The predicted molar refractivity (Wildman–Crippen MR) is 73.9 cm³/mol. The van der Waals surface area contributed by atoms with Gasteiger partial charge in [0.25, 0.3) is 10.0 Å². The molecule has 19 heavy (non-hydrogen) atoms. The molecule has 0 amide bonds. The van der Waals surface area contributed by atoms with Gasteiger partial charge < -0.3 is 9.84 Å². The van der Waals surface area contributed by atoms with E-state index in [9.17, 15) is 13.5 Å². The molecular formula is C12H19NO4S2. The van der Waals surface area contributed by atoms with E-state index < -0.39 is 15.6 Å². The molecule has 0 aromatic carbocycles. The Morgan fingerprint density at radius 3 is 2.58 bits per heavy atom. The van der Waals surface area contributed by atoms with Crippen LogP contribution >= 0.6 is 11.3 Å². The van der Waals surface area contributed by atoms with Gasteiger partial charge in [-0.1, -0.05) is 0 Å². The van der Waals surface area contributed by atoms with Crippen LogP contribution in [-0.2, 0) is 14.8 Å². The summed E-state index contributed by atoms with van der Waals surface area (Å²) in [6.07, 6.45) is 0.937. The molecule has 0 saturated carbocycles.